The zero-order valence-corrected chi connectivity index (χ0v) is 10.1. The molecule has 0 amide bonds. The summed E-state index contributed by atoms with van der Waals surface area (Å²) in [6, 6.07) is 15.1. The Kier molecular flexibility index (Phi) is 3.58. The number of benzene rings is 2. The molecule has 0 radical (unpaired) electrons. The van der Waals surface area contributed by atoms with Crippen molar-refractivity contribution in [2.24, 2.45) is 0 Å². The van der Waals surface area contributed by atoms with Crippen molar-refractivity contribution in [3.63, 3.8) is 0 Å². The zero-order chi connectivity index (χ0) is 13.0. The fourth-order valence-electron chi connectivity index (χ4n) is 1.70. The maximum Gasteiger partial charge on any atom is 0.336 e. The summed E-state index contributed by atoms with van der Waals surface area (Å²) < 4.78 is 0. The Morgan fingerprint density at radius 2 is 1.67 bits per heavy atom. The number of carboxylic acid groups (broad SMARTS) is 1. The maximum absolute atomic E-state index is 11.0. The van der Waals surface area contributed by atoms with Gasteiger partial charge in [-0.3, -0.25) is 0 Å². The van der Waals surface area contributed by atoms with E-state index in [1.165, 1.54) is 5.56 Å². The van der Waals surface area contributed by atoms with E-state index in [1.807, 2.05) is 49.4 Å². The van der Waals surface area contributed by atoms with Crippen LogP contribution in [0.1, 0.15) is 27.0 Å². The quantitative estimate of drug-likeness (QED) is 0.824. The third kappa shape index (κ3) is 2.86. The highest BCUT2D eigenvalue weighted by Crippen LogP contribution is 2.13. The zero-order valence-electron chi connectivity index (χ0n) is 10.1. The SMILES string of the molecule is Cc1ccc(/C=C/c2ccccc2C(=O)O)cc1. The van der Waals surface area contributed by atoms with Crippen molar-refractivity contribution in [1.82, 2.24) is 0 Å². The van der Waals surface area contributed by atoms with Gasteiger partial charge in [-0.15, -0.1) is 0 Å². The molecule has 0 aliphatic heterocycles. The minimum Gasteiger partial charge on any atom is -0.478 e. The molecule has 0 unspecified atom stereocenters. The van der Waals surface area contributed by atoms with Crippen LogP contribution in [0.15, 0.2) is 48.5 Å². The molecule has 2 rings (SSSR count). The fraction of sp³-hybridized carbons (Fsp3) is 0.0625. The first kappa shape index (κ1) is 12.1. The van der Waals surface area contributed by atoms with Crippen LogP contribution in [0.4, 0.5) is 0 Å². The van der Waals surface area contributed by atoms with Gasteiger partial charge in [0.15, 0.2) is 0 Å². The topological polar surface area (TPSA) is 37.3 Å². The van der Waals surface area contributed by atoms with Crippen LogP contribution in [0.2, 0.25) is 0 Å². The van der Waals surface area contributed by atoms with E-state index >= 15 is 0 Å². The number of hydrogen-bond donors (Lipinski definition) is 1. The van der Waals surface area contributed by atoms with Crippen molar-refractivity contribution in [3.05, 3.63) is 70.8 Å². The summed E-state index contributed by atoms with van der Waals surface area (Å²) in [5.41, 5.74) is 3.30. The summed E-state index contributed by atoms with van der Waals surface area (Å²) in [6.07, 6.45) is 3.75. The Hall–Kier alpha value is -2.35. The molecule has 0 aromatic heterocycles. The third-order valence-corrected chi connectivity index (χ3v) is 2.72. The molecule has 0 heterocycles. The average molecular weight is 238 g/mol. The lowest BCUT2D eigenvalue weighted by Gasteiger charge is -2.00. The van der Waals surface area contributed by atoms with Gasteiger partial charge in [-0.05, 0) is 24.1 Å². The molecule has 18 heavy (non-hydrogen) atoms. The lowest BCUT2D eigenvalue weighted by Crippen LogP contribution is -1.98. The Morgan fingerprint density at radius 1 is 1.00 bits per heavy atom. The number of aryl methyl sites for hydroxylation is 1. The highest BCUT2D eigenvalue weighted by Gasteiger charge is 2.05. The molecule has 90 valence electrons. The molecular formula is C16H14O2. The summed E-state index contributed by atoms with van der Waals surface area (Å²) >= 11 is 0. The summed E-state index contributed by atoms with van der Waals surface area (Å²) in [5.74, 6) is -0.904. The van der Waals surface area contributed by atoms with Gasteiger partial charge in [0.05, 0.1) is 5.56 Å². The second-order valence-electron chi connectivity index (χ2n) is 4.14. The van der Waals surface area contributed by atoms with Gasteiger partial charge in [-0.25, -0.2) is 4.79 Å². The lowest BCUT2D eigenvalue weighted by atomic mass is 10.1. The highest BCUT2D eigenvalue weighted by atomic mass is 16.4. The minimum absolute atomic E-state index is 0.320. The third-order valence-electron chi connectivity index (χ3n) is 2.72. The van der Waals surface area contributed by atoms with Crippen molar-refractivity contribution >= 4 is 18.1 Å². The lowest BCUT2D eigenvalue weighted by molar-refractivity contribution is 0.0696. The Labute approximate surface area is 106 Å². The predicted molar refractivity (Wildman–Crippen MR) is 73.5 cm³/mol. The van der Waals surface area contributed by atoms with E-state index in [2.05, 4.69) is 0 Å². The van der Waals surface area contributed by atoms with E-state index in [0.717, 1.165) is 5.56 Å². The van der Waals surface area contributed by atoms with Gasteiger partial charge in [0, 0.05) is 0 Å². The van der Waals surface area contributed by atoms with Crippen LogP contribution in [0, 0.1) is 6.92 Å². The molecule has 0 aliphatic rings. The van der Waals surface area contributed by atoms with Crippen molar-refractivity contribution in [2.75, 3.05) is 0 Å². The van der Waals surface area contributed by atoms with Crippen molar-refractivity contribution in [3.8, 4) is 0 Å². The first-order valence-electron chi connectivity index (χ1n) is 5.74. The second kappa shape index (κ2) is 5.32. The number of carboxylic acids is 1. The van der Waals surface area contributed by atoms with Crippen LogP contribution < -0.4 is 0 Å². The maximum atomic E-state index is 11.0. The van der Waals surface area contributed by atoms with Gasteiger partial charge in [0.1, 0.15) is 0 Å². The molecule has 2 nitrogen and oxygen atoms in total. The van der Waals surface area contributed by atoms with Gasteiger partial charge < -0.3 is 5.11 Å². The van der Waals surface area contributed by atoms with Gasteiger partial charge >= 0.3 is 5.97 Å². The van der Waals surface area contributed by atoms with E-state index in [0.29, 0.717) is 11.1 Å². The van der Waals surface area contributed by atoms with Crippen LogP contribution >= 0.6 is 0 Å². The molecule has 2 aromatic rings. The van der Waals surface area contributed by atoms with Gasteiger partial charge in [0.25, 0.3) is 0 Å². The van der Waals surface area contributed by atoms with Crippen LogP contribution in [0.25, 0.3) is 12.2 Å². The number of carbonyl (C=O) groups is 1. The summed E-state index contributed by atoms with van der Waals surface area (Å²) in [6.45, 7) is 2.03. The Balaban J connectivity index is 2.29. The fourth-order valence-corrected chi connectivity index (χ4v) is 1.70. The second-order valence-corrected chi connectivity index (χ2v) is 4.14. The van der Waals surface area contributed by atoms with Crippen molar-refractivity contribution < 1.29 is 9.90 Å². The Morgan fingerprint density at radius 3 is 2.33 bits per heavy atom. The van der Waals surface area contributed by atoms with Crippen molar-refractivity contribution in [2.45, 2.75) is 6.92 Å². The molecule has 0 saturated carbocycles. The summed E-state index contributed by atoms with van der Waals surface area (Å²) in [5, 5.41) is 9.07. The molecular weight excluding hydrogens is 224 g/mol. The van der Waals surface area contributed by atoms with Gasteiger partial charge in [-0.1, -0.05) is 60.2 Å². The predicted octanol–water partition coefficient (Wildman–Crippen LogP) is 3.86. The molecule has 2 heteroatoms. The number of rotatable bonds is 3. The highest BCUT2D eigenvalue weighted by molar-refractivity contribution is 5.93. The Bertz CT molecular complexity index is 580. The minimum atomic E-state index is -0.904. The van der Waals surface area contributed by atoms with E-state index < -0.39 is 5.97 Å². The van der Waals surface area contributed by atoms with Crippen LogP contribution in [0.5, 0.6) is 0 Å². The van der Waals surface area contributed by atoms with E-state index in [-0.39, 0.29) is 0 Å². The van der Waals surface area contributed by atoms with Gasteiger partial charge in [0.2, 0.25) is 0 Å². The molecule has 2 aromatic carbocycles. The molecule has 0 spiro atoms. The first-order valence-corrected chi connectivity index (χ1v) is 5.74. The monoisotopic (exact) mass is 238 g/mol. The molecule has 0 atom stereocenters. The van der Waals surface area contributed by atoms with E-state index in [1.54, 1.807) is 18.2 Å². The van der Waals surface area contributed by atoms with Crippen LogP contribution in [-0.2, 0) is 0 Å². The normalized spacial score (nSPS) is 10.7. The molecule has 0 saturated heterocycles. The van der Waals surface area contributed by atoms with Crippen LogP contribution in [-0.4, -0.2) is 11.1 Å². The standard InChI is InChI=1S/C16H14O2/c1-12-6-8-13(9-7-12)10-11-14-4-2-3-5-15(14)16(17)18/h2-11H,1H3,(H,17,18)/b11-10+. The summed E-state index contributed by atoms with van der Waals surface area (Å²) in [4.78, 5) is 11.0. The number of aromatic carboxylic acids is 1. The van der Waals surface area contributed by atoms with Crippen LogP contribution in [0.3, 0.4) is 0 Å². The molecule has 0 aliphatic carbocycles. The van der Waals surface area contributed by atoms with Gasteiger partial charge in [-0.2, -0.15) is 0 Å². The van der Waals surface area contributed by atoms with Crippen molar-refractivity contribution in [1.29, 1.82) is 0 Å². The average Bonchev–Trinajstić information content (AvgIpc) is 2.38. The molecule has 0 bridgehead atoms. The molecule has 1 N–H and O–H groups in total. The van der Waals surface area contributed by atoms with E-state index in [9.17, 15) is 4.79 Å². The first-order chi connectivity index (χ1) is 8.66. The number of hydrogen-bond acceptors (Lipinski definition) is 1. The van der Waals surface area contributed by atoms with E-state index in [4.69, 9.17) is 5.11 Å². The summed E-state index contributed by atoms with van der Waals surface area (Å²) in [7, 11) is 0. The largest absolute Gasteiger partial charge is 0.478 e. The molecule has 0 fully saturated rings. The smallest absolute Gasteiger partial charge is 0.336 e.